The average Bonchev–Trinajstić information content (AvgIpc) is 1.81. The van der Waals surface area contributed by atoms with Crippen LogP contribution in [0.25, 0.3) is 0 Å². The minimum atomic E-state index is -4.87. The Labute approximate surface area is 79.2 Å². The molecule has 0 radical (unpaired) electrons. The van der Waals surface area contributed by atoms with Gasteiger partial charge in [-0.2, -0.15) is 0 Å². The Morgan fingerprint density at radius 3 is 1.69 bits per heavy atom. The Hall–Kier alpha value is 0.550. The number of hydrogen-bond acceptors (Lipinski definition) is 3. The lowest BCUT2D eigenvalue weighted by atomic mass is 10.4. The molecule has 0 heterocycles. The summed E-state index contributed by atoms with van der Waals surface area (Å²) in [5, 5.41) is -4.58. The van der Waals surface area contributed by atoms with Gasteiger partial charge in [0, 0.05) is 0 Å². The standard InChI is InChI=1S/C3H10ClNO6P2/c1-3(5,13(9,10)11)2(4)12(6,7)8/h2H,5H2,1H3,(H2,6,7,8)(H2,9,10,11). The third-order valence-corrected chi connectivity index (χ3v) is 5.62. The van der Waals surface area contributed by atoms with Crippen molar-refractivity contribution in [3.63, 3.8) is 0 Å². The Morgan fingerprint density at radius 2 is 1.62 bits per heavy atom. The van der Waals surface area contributed by atoms with E-state index < -0.39 is 25.6 Å². The molecule has 13 heavy (non-hydrogen) atoms. The Kier molecular flexibility index (Phi) is 3.76. The van der Waals surface area contributed by atoms with E-state index in [2.05, 4.69) is 0 Å². The quantitative estimate of drug-likeness (QED) is 0.340. The van der Waals surface area contributed by atoms with Crippen LogP contribution in [0.2, 0.25) is 0 Å². The van der Waals surface area contributed by atoms with Crippen LogP contribution in [0.3, 0.4) is 0 Å². The van der Waals surface area contributed by atoms with Gasteiger partial charge in [0.1, 0.15) is 5.28 Å². The highest BCUT2D eigenvalue weighted by molar-refractivity contribution is 7.59. The molecule has 0 aromatic rings. The maximum Gasteiger partial charge on any atom is 0.347 e. The molecule has 6 N–H and O–H groups in total. The van der Waals surface area contributed by atoms with Crippen LogP contribution in [0.5, 0.6) is 0 Å². The molecule has 0 rings (SSSR count). The van der Waals surface area contributed by atoms with Gasteiger partial charge in [-0.25, -0.2) is 0 Å². The third kappa shape index (κ3) is 3.01. The van der Waals surface area contributed by atoms with Crippen molar-refractivity contribution in [2.45, 2.75) is 17.3 Å². The van der Waals surface area contributed by atoms with Crippen LogP contribution in [0.15, 0.2) is 0 Å². The van der Waals surface area contributed by atoms with E-state index in [1.807, 2.05) is 0 Å². The number of alkyl halides is 1. The molecule has 0 aliphatic rings. The number of halogens is 1. The molecule has 0 aliphatic heterocycles. The van der Waals surface area contributed by atoms with Crippen LogP contribution in [-0.4, -0.2) is 30.0 Å². The second-order valence-electron chi connectivity index (χ2n) is 2.69. The fourth-order valence-corrected chi connectivity index (χ4v) is 2.72. The van der Waals surface area contributed by atoms with Gasteiger partial charge >= 0.3 is 15.2 Å². The normalized spacial score (nSPS) is 20.8. The predicted octanol–water partition coefficient (Wildman–Crippen LogP) is -0.418. The molecule has 0 bridgehead atoms. The summed E-state index contributed by atoms with van der Waals surface area (Å²) in [4.78, 5) is 34.4. The highest BCUT2D eigenvalue weighted by Gasteiger charge is 2.52. The van der Waals surface area contributed by atoms with Gasteiger partial charge in [0.25, 0.3) is 0 Å². The lowest BCUT2D eigenvalue weighted by Crippen LogP contribution is -2.44. The molecule has 0 aromatic heterocycles. The molecular formula is C3H10ClNO6P2. The topological polar surface area (TPSA) is 141 Å². The van der Waals surface area contributed by atoms with Crippen molar-refractivity contribution in [1.82, 2.24) is 0 Å². The van der Waals surface area contributed by atoms with Crippen LogP contribution in [0.4, 0.5) is 0 Å². The second-order valence-corrected chi connectivity index (χ2v) is 7.18. The van der Waals surface area contributed by atoms with Crippen molar-refractivity contribution in [2.75, 3.05) is 0 Å². The van der Waals surface area contributed by atoms with Crippen molar-refractivity contribution in [1.29, 1.82) is 0 Å². The van der Waals surface area contributed by atoms with E-state index in [1.165, 1.54) is 0 Å². The molecule has 0 aromatic carbocycles. The van der Waals surface area contributed by atoms with E-state index in [4.69, 9.17) is 36.9 Å². The Balaban J connectivity index is 5.09. The highest BCUT2D eigenvalue weighted by Crippen LogP contribution is 2.59. The van der Waals surface area contributed by atoms with E-state index in [0.29, 0.717) is 0 Å². The lowest BCUT2D eigenvalue weighted by Gasteiger charge is -2.30. The third-order valence-electron chi connectivity index (χ3n) is 1.41. The maximum absolute atomic E-state index is 10.7. The van der Waals surface area contributed by atoms with Crippen LogP contribution in [0.1, 0.15) is 6.92 Å². The number of rotatable bonds is 3. The van der Waals surface area contributed by atoms with Gasteiger partial charge in [-0.3, -0.25) is 9.13 Å². The Morgan fingerprint density at radius 1 is 1.31 bits per heavy atom. The summed E-state index contributed by atoms with van der Waals surface area (Å²) < 4.78 is 21.2. The molecule has 0 saturated carbocycles. The van der Waals surface area contributed by atoms with Crippen LogP contribution >= 0.6 is 26.8 Å². The zero-order chi connectivity index (χ0) is 11.1. The van der Waals surface area contributed by atoms with Gasteiger partial charge in [0.2, 0.25) is 0 Å². The van der Waals surface area contributed by atoms with E-state index in [1.54, 1.807) is 0 Å². The molecule has 80 valence electrons. The smallest absolute Gasteiger partial charge is 0.323 e. The summed E-state index contributed by atoms with van der Waals surface area (Å²) in [6, 6.07) is 0. The van der Waals surface area contributed by atoms with Crippen LogP contribution in [-0.2, 0) is 9.13 Å². The molecule has 0 fully saturated rings. The van der Waals surface area contributed by atoms with Crippen LogP contribution < -0.4 is 5.73 Å². The molecule has 0 spiro atoms. The lowest BCUT2D eigenvalue weighted by molar-refractivity contribution is 0.317. The summed E-state index contributed by atoms with van der Waals surface area (Å²) in [5.41, 5.74) is 5.04. The molecular weight excluding hydrogens is 243 g/mol. The largest absolute Gasteiger partial charge is 0.347 e. The fourth-order valence-electron chi connectivity index (χ4n) is 0.479. The minimum absolute atomic E-state index is 0.782. The van der Waals surface area contributed by atoms with Crippen molar-refractivity contribution in [3.8, 4) is 0 Å². The van der Waals surface area contributed by atoms with E-state index in [-0.39, 0.29) is 0 Å². The van der Waals surface area contributed by atoms with Gasteiger partial charge in [0.05, 0.1) is 0 Å². The van der Waals surface area contributed by atoms with Crippen molar-refractivity contribution >= 4 is 26.8 Å². The summed E-state index contributed by atoms with van der Waals surface area (Å²) in [6.07, 6.45) is 0. The Bertz CT molecular complexity index is 280. The monoisotopic (exact) mass is 253 g/mol. The highest BCUT2D eigenvalue weighted by atomic mass is 35.5. The minimum Gasteiger partial charge on any atom is -0.323 e. The summed E-state index contributed by atoms with van der Waals surface area (Å²) in [7, 11) is -9.69. The van der Waals surface area contributed by atoms with Gasteiger partial charge in [-0.05, 0) is 6.92 Å². The first kappa shape index (κ1) is 13.5. The molecule has 7 nitrogen and oxygen atoms in total. The molecule has 0 aliphatic carbocycles. The maximum atomic E-state index is 10.7. The first-order valence-electron chi connectivity index (χ1n) is 2.94. The number of hydrogen-bond donors (Lipinski definition) is 5. The summed E-state index contributed by atoms with van der Waals surface area (Å²) in [5.74, 6) is 0. The molecule has 10 heteroatoms. The molecule has 2 unspecified atom stereocenters. The van der Waals surface area contributed by atoms with E-state index >= 15 is 0 Å². The summed E-state index contributed by atoms with van der Waals surface area (Å²) in [6.45, 7) is 0.782. The van der Waals surface area contributed by atoms with Gasteiger partial charge in [0.15, 0.2) is 5.12 Å². The summed E-state index contributed by atoms with van der Waals surface area (Å²) >= 11 is 5.15. The van der Waals surface area contributed by atoms with Gasteiger partial charge in [-0.1, -0.05) is 0 Å². The molecule has 0 saturated heterocycles. The van der Waals surface area contributed by atoms with Crippen molar-refractivity contribution in [3.05, 3.63) is 0 Å². The van der Waals surface area contributed by atoms with Gasteiger partial charge in [-0.15, -0.1) is 11.6 Å². The van der Waals surface area contributed by atoms with Crippen LogP contribution in [0, 0.1) is 0 Å². The average molecular weight is 254 g/mol. The number of nitrogens with two attached hydrogens (primary N) is 1. The van der Waals surface area contributed by atoms with E-state index in [9.17, 15) is 9.13 Å². The molecule has 2 atom stereocenters. The first-order chi connectivity index (χ1) is 5.40. The fraction of sp³-hybridized carbons (Fsp3) is 1.00. The zero-order valence-electron chi connectivity index (χ0n) is 6.53. The van der Waals surface area contributed by atoms with E-state index in [0.717, 1.165) is 6.92 Å². The van der Waals surface area contributed by atoms with Crippen molar-refractivity contribution in [2.24, 2.45) is 5.73 Å². The predicted molar refractivity (Wildman–Crippen MR) is 46.3 cm³/mol. The van der Waals surface area contributed by atoms with Crippen molar-refractivity contribution < 1.29 is 28.7 Å². The van der Waals surface area contributed by atoms with Gasteiger partial charge < -0.3 is 25.3 Å². The molecule has 0 amide bonds. The first-order valence-corrected chi connectivity index (χ1v) is 6.67. The zero-order valence-corrected chi connectivity index (χ0v) is 9.08. The second kappa shape index (κ2) is 3.61. The SMILES string of the molecule is CC(N)(C(Cl)P(=O)(O)O)P(=O)(O)O.